The topological polar surface area (TPSA) is 87.5 Å². The third-order valence-corrected chi connectivity index (χ3v) is 3.43. The average Bonchev–Trinajstić information content (AvgIpc) is 2.57. The predicted octanol–water partition coefficient (Wildman–Crippen LogP) is 2.14. The number of carbonyl (C=O) groups excluding carboxylic acids is 2. The highest BCUT2D eigenvalue weighted by Gasteiger charge is 2.17. The Morgan fingerprint density at radius 3 is 2.42 bits per heavy atom. The van der Waals surface area contributed by atoms with Crippen molar-refractivity contribution in [1.29, 1.82) is 0 Å². The number of thiocarbonyl (C=S) groups is 1. The van der Waals surface area contributed by atoms with Gasteiger partial charge in [-0.05, 0) is 43.4 Å². The molecule has 1 unspecified atom stereocenters. The van der Waals surface area contributed by atoms with Crippen LogP contribution in [0.1, 0.15) is 6.92 Å². The molecule has 0 heterocycles. The zero-order chi connectivity index (χ0) is 17.5. The monoisotopic (exact) mass is 342 g/mol. The molecule has 0 spiro atoms. The van der Waals surface area contributed by atoms with E-state index in [1.807, 2.05) is 30.3 Å². The zero-order valence-electron chi connectivity index (χ0n) is 13.1. The van der Waals surface area contributed by atoms with E-state index in [2.05, 4.69) is 10.6 Å². The van der Waals surface area contributed by atoms with Gasteiger partial charge in [-0.15, -0.1) is 0 Å². The summed E-state index contributed by atoms with van der Waals surface area (Å²) in [5.74, 6) is -0.311. The van der Waals surface area contributed by atoms with Gasteiger partial charge in [-0.25, -0.2) is 0 Å². The van der Waals surface area contributed by atoms with Crippen LogP contribution >= 0.6 is 12.2 Å². The van der Waals surface area contributed by atoms with Gasteiger partial charge in [0.1, 0.15) is 6.04 Å². The zero-order valence-corrected chi connectivity index (χ0v) is 13.9. The molecule has 4 N–H and O–H groups in total. The molecule has 24 heavy (non-hydrogen) atoms. The van der Waals surface area contributed by atoms with Gasteiger partial charge in [0.15, 0.2) is 5.11 Å². The Morgan fingerprint density at radius 1 is 1.17 bits per heavy atom. The van der Waals surface area contributed by atoms with Crippen LogP contribution in [0, 0.1) is 0 Å². The minimum Gasteiger partial charge on any atom is -0.376 e. The van der Waals surface area contributed by atoms with Gasteiger partial charge in [0.2, 0.25) is 12.3 Å². The Labute approximate surface area is 145 Å². The molecule has 0 aromatic heterocycles. The first-order valence-electron chi connectivity index (χ1n) is 7.28. The van der Waals surface area contributed by atoms with E-state index in [1.165, 1.54) is 4.90 Å². The highest BCUT2D eigenvalue weighted by atomic mass is 32.1. The maximum absolute atomic E-state index is 12.3. The summed E-state index contributed by atoms with van der Waals surface area (Å²) in [6.45, 7) is 1.64. The lowest BCUT2D eigenvalue weighted by Gasteiger charge is -2.22. The molecule has 1 atom stereocenters. The number of hydrogen-bond donors (Lipinski definition) is 3. The van der Waals surface area contributed by atoms with E-state index in [9.17, 15) is 9.59 Å². The third-order valence-electron chi connectivity index (χ3n) is 3.31. The van der Waals surface area contributed by atoms with Gasteiger partial charge in [-0.3, -0.25) is 14.5 Å². The van der Waals surface area contributed by atoms with Gasteiger partial charge in [-0.2, -0.15) is 0 Å². The van der Waals surface area contributed by atoms with Crippen molar-refractivity contribution in [1.82, 2.24) is 5.32 Å². The first-order valence-corrected chi connectivity index (χ1v) is 7.69. The number of nitrogens with one attached hydrogen (secondary N) is 2. The molecule has 2 aromatic rings. The van der Waals surface area contributed by atoms with Crippen LogP contribution in [0.3, 0.4) is 0 Å². The van der Waals surface area contributed by atoms with Gasteiger partial charge < -0.3 is 16.4 Å². The molecule has 2 rings (SSSR count). The fourth-order valence-electron chi connectivity index (χ4n) is 2.15. The summed E-state index contributed by atoms with van der Waals surface area (Å²) in [6.07, 6.45) is 0.705. The van der Waals surface area contributed by atoms with Gasteiger partial charge in [0, 0.05) is 5.69 Å². The molecule has 0 aliphatic heterocycles. The summed E-state index contributed by atoms with van der Waals surface area (Å²) in [5.41, 5.74) is 7.16. The minimum atomic E-state index is -0.600. The Morgan fingerprint density at radius 2 is 1.79 bits per heavy atom. The van der Waals surface area contributed by atoms with Gasteiger partial charge in [0.25, 0.3) is 0 Å². The number of nitrogens with zero attached hydrogens (tertiary/aromatic N) is 1. The van der Waals surface area contributed by atoms with Crippen molar-refractivity contribution in [3.05, 3.63) is 54.6 Å². The Bertz CT molecular complexity index is 736. The van der Waals surface area contributed by atoms with Crippen LogP contribution in [-0.4, -0.2) is 23.5 Å². The Balaban J connectivity index is 2.28. The molecule has 0 aliphatic carbocycles. The molecule has 7 heteroatoms. The number of carbonyl (C=O) groups is 2. The number of anilines is 3. The fourth-order valence-corrected chi connectivity index (χ4v) is 2.33. The standard InChI is InChI=1S/C17H18N4O2S/c1-12(19-17(18)24)16(23)20-14-9-5-6-10-15(14)21(11-22)13-7-3-2-4-8-13/h2-12H,1H3,(H,20,23)(H3,18,19,24). The highest BCUT2D eigenvalue weighted by Crippen LogP contribution is 2.30. The van der Waals surface area contributed by atoms with E-state index >= 15 is 0 Å². The van der Waals surface area contributed by atoms with E-state index in [1.54, 1.807) is 31.2 Å². The van der Waals surface area contributed by atoms with Crippen molar-refractivity contribution in [3.8, 4) is 0 Å². The molecular weight excluding hydrogens is 324 g/mol. The van der Waals surface area contributed by atoms with Gasteiger partial charge in [0.05, 0.1) is 11.4 Å². The molecule has 2 aromatic carbocycles. The lowest BCUT2D eigenvalue weighted by Crippen LogP contribution is -2.44. The van der Waals surface area contributed by atoms with Crippen LogP contribution in [0.25, 0.3) is 0 Å². The van der Waals surface area contributed by atoms with Crippen molar-refractivity contribution in [2.45, 2.75) is 13.0 Å². The summed E-state index contributed by atoms with van der Waals surface area (Å²) in [6, 6.07) is 15.6. The molecule has 2 amide bonds. The number of hydrogen-bond acceptors (Lipinski definition) is 3. The number of para-hydroxylation sites is 3. The van der Waals surface area contributed by atoms with Crippen molar-refractivity contribution >= 4 is 46.7 Å². The molecule has 0 saturated heterocycles. The average molecular weight is 342 g/mol. The molecule has 0 aliphatic rings. The molecule has 124 valence electrons. The van der Waals surface area contributed by atoms with E-state index in [-0.39, 0.29) is 11.0 Å². The summed E-state index contributed by atoms with van der Waals surface area (Å²) < 4.78 is 0. The first kappa shape index (κ1) is 17.4. The van der Waals surface area contributed by atoms with E-state index < -0.39 is 6.04 Å². The Kier molecular flexibility index (Phi) is 5.86. The molecule has 0 bridgehead atoms. The maximum Gasteiger partial charge on any atom is 0.246 e. The van der Waals surface area contributed by atoms with Gasteiger partial charge in [-0.1, -0.05) is 30.3 Å². The molecule has 0 fully saturated rings. The maximum atomic E-state index is 12.3. The first-order chi connectivity index (χ1) is 11.5. The van der Waals surface area contributed by atoms with Crippen LogP contribution < -0.4 is 21.3 Å². The normalized spacial score (nSPS) is 11.2. The van der Waals surface area contributed by atoms with Crippen LogP contribution in [-0.2, 0) is 9.59 Å². The summed E-state index contributed by atoms with van der Waals surface area (Å²) in [4.78, 5) is 25.3. The van der Waals surface area contributed by atoms with Crippen LogP contribution in [0.2, 0.25) is 0 Å². The SMILES string of the molecule is CC(NC(N)=S)C(=O)Nc1ccccc1N(C=O)c1ccccc1. The van der Waals surface area contributed by atoms with Crippen LogP contribution in [0.5, 0.6) is 0 Å². The van der Waals surface area contributed by atoms with Crippen molar-refractivity contribution in [3.63, 3.8) is 0 Å². The van der Waals surface area contributed by atoms with Crippen LogP contribution in [0.15, 0.2) is 54.6 Å². The largest absolute Gasteiger partial charge is 0.376 e. The lowest BCUT2D eigenvalue weighted by atomic mass is 10.2. The summed E-state index contributed by atoms with van der Waals surface area (Å²) in [7, 11) is 0. The summed E-state index contributed by atoms with van der Waals surface area (Å²) in [5, 5.41) is 5.50. The fraction of sp³-hybridized carbons (Fsp3) is 0.118. The predicted molar refractivity (Wildman–Crippen MR) is 99.1 cm³/mol. The van der Waals surface area contributed by atoms with E-state index in [0.29, 0.717) is 23.5 Å². The van der Waals surface area contributed by atoms with E-state index in [0.717, 1.165) is 0 Å². The highest BCUT2D eigenvalue weighted by molar-refractivity contribution is 7.80. The molecule has 0 radical (unpaired) electrons. The number of benzene rings is 2. The minimum absolute atomic E-state index is 0.0461. The van der Waals surface area contributed by atoms with Gasteiger partial charge >= 0.3 is 0 Å². The third kappa shape index (κ3) is 4.30. The Hall–Kier alpha value is -2.93. The summed E-state index contributed by atoms with van der Waals surface area (Å²) >= 11 is 4.74. The quantitative estimate of drug-likeness (QED) is 0.553. The smallest absolute Gasteiger partial charge is 0.246 e. The second-order valence-electron chi connectivity index (χ2n) is 5.05. The second-order valence-corrected chi connectivity index (χ2v) is 5.49. The lowest BCUT2D eigenvalue weighted by molar-refractivity contribution is -0.117. The number of nitrogens with two attached hydrogens (primary N) is 1. The van der Waals surface area contributed by atoms with Crippen molar-refractivity contribution < 1.29 is 9.59 Å². The molecule has 0 saturated carbocycles. The van der Waals surface area contributed by atoms with Crippen LogP contribution in [0.4, 0.5) is 17.1 Å². The number of rotatable bonds is 6. The molecule has 6 nitrogen and oxygen atoms in total. The van der Waals surface area contributed by atoms with Crippen molar-refractivity contribution in [2.75, 3.05) is 10.2 Å². The molecular formula is C17H18N4O2S. The van der Waals surface area contributed by atoms with Crippen molar-refractivity contribution in [2.24, 2.45) is 5.73 Å². The number of amides is 2. The van der Waals surface area contributed by atoms with E-state index in [4.69, 9.17) is 18.0 Å². The second kappa shape index (κ2) is 8.07.